The molecule has 1 heterocycles. The SMILES string of the molecule is CCNC(=NCc1ncc(C(C)(C)C)o1)NC1CC1c1c(F)cccc1Cl. The molecule has 146 valence electrons. The maximum absolute atomic E-state index is 14.1. The highest BCUT2D eigenvalue weighted by Gasteiger charge is 2.41. The maximum atomic E-state index is 14.1. The molecule has 1 aliphatic rings. The summed E-state index contributed by atoms with van der Waals surface area (Å²) in [5.74, 6) is 1.86. The minimum atomic E-state index is -0.256. The molecule has 0 bridgehead atoms. The normalized spacial score (nSPS) is 19.9. The van der Waals surface area contributed by atoms with Crippen LogP contribution in [0.1, 0.15) is 57.2 Å². The van der Waals surface area contributed by atoms with Crippen LogP contribution in [0.15, 0.2) is 33.8 Å². The van der Waals surface area contributed by atoms with Crippen LogP contribution >= 0.6 is 11.6 Å². The van der Waals surface area contributed by atoms with Crippen LogP contribution < -0.4 is 10.6 Å². The molecule has 3 rings (SSSR count). The smallest absolute Gasteiger partial charge is 0.216 e. The van der Waals surface area contributed by atoms with E-state index in [0.717, 1.165) is 18.7 Å². The van der Waals surface area contributed by atoms with Crippen molar-refractivity contribution in [3.8, 4) is 0 Å². The van der Waals surface area contributed by atoms with Gasteiger partial charge in [0, 0.05) is 34.5 Å². The minimum absolute atomic E-state index is 0.0526. The van der Waals surface area contributed by atoms with Gasteiger partial charge >= 0.3 is 0 Å². The lowest BCUT2D eigenvalue weighted by molar-refractivity contribution is 0.383. The number of nitrogens with zero attached hydrogens (tertiary/aromatic N) is 2. The van der Waals surface area contributed by atoms with E-state index in [4.69, 9.17) is 16.0 Å². The lowest BCUT2D eigenvalue weighted by Crippen LogP contribution is -2.39. The maximum Gasteiger partial charge on any atom is 0.216 e. The average Bonchev–Trinajstić information content (AvgIpc) is 3.14. The quantitative estimate of drug-likeness (QED) is 0.585. The van der Waals surface area contributed by atoms with Crippen LogP contribution in [0.3, 0.4) is 0 Å². The molecule has 0 saturated heterocycles. The second-order valence-corrected chi connectivity index (χ2v) is 8.20. The van der Waals surface area contributed by atoms with Crippen molar-refractivity contribution >= 4 is 17.6 Å². The molecule has 27 heavy (non-hydrogen) atoms. The first kappa shape index (κ1) is 19.7. The van der Waals surface area contributed by atoms with E-state index < -0.39 is 0 Å². The van der Waals surface area contributed by atoms with Crippen molar-refractivity contribution in [2.45, 2.75) is 58.0 Å². The van der Waals surface area contributed by atoms with Crippen molar-refractivity contribution in [2.75, 3.05) is 6.54 Å². The number of hydrogen-bond acceptors (Lipinski definition) is 3. The molecule has 0 spiro atoms. The fourth-order valence-corrected chi connectivity index (χ4v) is 3.21. The minimum Gasteiger partial charge on any atom is -0.443 e. The van der Waals surface area contributed by atoms with Crippen molar-refractivity contribution < 1.29 is 8.81 Å². The summed E-state index contributed by atoms with van der Waals surface area (Å²) in [6.45, 7) is 9.29. The molecular formula is C20H26ClFN4O. The summed E-state index contributed by atoms with van der Waals surface area (Å²) in [5.41, 5.74) is 0.493. The predicted molar refractivity (Wildman–Crippen MR) is 106 cm³/mol. The summed E-state index contributed by atoms with van der Waals surface area (Å²) in [7, 11) is 0. The van der Waals surface area contributed by atoms with Gasteiger partial charge in [0.05, 0.1) is 6.20 Å². The molecule has 0 aliphatic heterocycles. The van der Waals surface area contributed by atoms with Gasteiger partial charge in [0.1, 0.15) is 18.1 Å². The topological polar surface area (TPSA) is 62.5 Å². The molecule has 7 heteroatoms. The lowest BCUT2D eigenvalue weighted by Gasteiger charge is -2.13. The monoisotopic (exact) mass is 392 g/mol. The van der Waals surface area contributed by atoms with E-state index in [-0.39, 0.29) is 23.2 Å². The Hall–Kier alpha value is -2.08. The van der Waals surface area contributed by atoms with E-state index in [2.05, 4.69) is 41.4 Å². The standard InChI is InChI=1S/C20H26ClFN4O/c1-5-23-19(25-11-17-24-10-16(27-17)20(2,3)4)26-15-9-12(15)18-13(21)7-6-8-14(18)22/h6-8,10,12,15H,5,9,11H2,1-4H3,(H2,23,25,26). The Labute approximate surface area is 164 Å². The number of aromatic nitrogens is 1. The fraction of sp³-hybridized carbons (Fsp3) is 0.500. The van der Waals surface area contributed by atoms with Crippen LogP contribution in [-0.2, 0) is 12.0 Å². The third kappa shape index (κ3) is 4.80. The predicted octanol–water partition coefficient (Wildman–Crippen LogP) is 4.38. The van der Waals surface area contributed by atoms with E-state index in [1.807, 2.05) is 6.92 Å². The van der Waals surface area contributed by atoms with Crippen LogP contribution in [0.5, 0.6) is 0 Å². The molecule has 1 saturated carbocycles. The van der Waals surface area contributed by atoms with Crippen LogP contribution in [0, 0.1) is 5.82 Å². The Morgan fingerprint density at radius 2 is 2.19 bits per heavy atom. The zero-order chi connectivity index (χ0) is 19.6. The van der Waals surface area contributed by atoms with Gasteiger partial charge in [-0.1, -0.05) is 38.4 Å². The number of halogens is 2. The lowest BCUT2D eigenvalue weighted by atomic mass is 9.94. The van der Waals surface area contributed by atoms with E-state index in [9.17, 15) is 4.39 Å². The number of oxazole rings is 1. The van der Waals surface area contributed by atoms with Crippen molar-refractivity contribution in [1.82, 2.24) is 15.6 Å². The summed E-state index contributed by atoms with van der Waals surface area (Å²) < 4.78 is 19.9. The fourth-order valence-electron chi connectivity index (χ4n) is 2.91. The van der Waals surface area contributed by atoms with Gasteiger partial charge < -0.3 is 15.1 Å². The number of rotatable bonds is 5. The molecule has 2 unspecified atom stereocenters. The molecule has 0 radical (unpaired) electrons. The third-order valence-electron chi connectivity index (χ3n) is 4.49. The molecular weight excluding hydrogens is 367 g/mol. The van der Waals surface area contributed by atoms with Crippen molar-refractivity contribution in [3.63, 3.8) is 0 Å². The molecule has 1 aromatic carbocycles. The first-order valence-electron chi connectivity index (χ1n) is 9.23. The Balaban J connectivity index is 1.65. The van der Waals surface area contributed by atoms with Gasteiger partial charge in [0.15, 0.2) is 5.96 Å². The first-order valence-corrected chi connectivity index (χ1v) is 9.61. The molecule has 0 amide bonds. The highest BCUT2D eigenvalue weighted by atomic mass is 35.5. The van der Waals surface area contributed by atoms with Crippen LogP contribution in [0.25, 0.3) is 0 Å². The van der Waals surface area contributed by atoms with Crippen molar-refractivity contribution in [1.29, 1.82) is 0 Å². The van der Waals surface area contributed by atoms with Gasteiger partial charge in [0.25, 0.3) is 0 Å². The third-order valence-corrected chi connectivity index (χ3v) is 4.82. The van der Waals surface area contributed by atoms with Gasteiger partial charge in [-0.05, 0) is 25.5 Å². The summed E-state index contributed by atoms with van der Waals surface area (Å²) >= 11 is 6.17. The molecule has 5 nitrogen and oxygen atoms in total. The van der Waals surface area contributed by atoms with E-state index in [0.29, 0.717) is 29.0 Å². The van der Waals surface area contributed by atoms with Crippen molar-refractivity contribution in [3.05, 3.63) is 52.5 Å². The zero-order valence-corrected chi connectivity index (χ0v) is 16.9. The molecule has 1 fully saturated rings. The first-order chi connectivity index (χ1) is 12.8. The number of hydrogen-bond donors (Lipinski definition) is 2. The summed E-state index contributed by atoms with van der Waals surface area (Å²) in [6.07, 6.45) is 2.57. The van der Waals surface area contributed by atoms with E-state index in [1.165, 1.54) is 6.07 Å². The van der Waals surface area contributed by atoms with Gasteiger partial charge in [-0.25, -0.2) is 14.4 Å². The Morgan fingerprint density at radius 3 is 2.81 bits per heavy atom. The molecule has 2 N–H and O–H groups in total. The largest absolute Gasteiger partial charge is 0.443 e. The number of nitrogens with one attached hydrogen (secondary N) is 2. The second-order valence-electron chi connectivity index (χ2n) is 7.79. The number of guanidine groups is 1. The highest BCUT2D eigenvalue weighted by Crippen LogP contribution is 2.44. The second kappa shape index (κ2) is 7.89. The zero-order valence-electron chi connectivity index (χ0n) is 16.1. The van der Waals surface area contributed by atoms with Crippen molar-refractivity contribution in [2.24, 2.45) is 4.99 Å². The van der Waals surface area contributed by atoms with Crippen LogP contribution in [0.2, 0.25) is 5.02 Å². The van der Waals surface area contributed by atoms with Crippen LogP contribution in [-0.4, -0.2) is 23.5 Å². The Bertz CT molecular complexity index is 807. The molecule has 1 aliphatic carbocycles. The van der Waals surface area contributed by atoms with Gasteiger partial charge in [-0.2, -0.15) is 0 Å². The highest BCUT2D eigenvalue weighted by molar-refractivity contribution is 6.31. The molecule has 2 aromatic rings. The number of aliphatic imine (C=N–C) groups is 1. The average molecular weight is 393 g/mol. The Kier molecular flexibility index (Phi) is 5.75. The summed E-state index contributed by atoms with van der Waals surface area (Å²) in [6, 6.07) is 4.90. The number of benzene rings is 1. The summed E-state index contributed by atoms with van der Waals surface area (Å²) in [5, 5.41) is 7.02. The molecule has 2 atom stereocenters. The van der Waals surface area contributed by atoms with Gasteiger partial charge in [-0.3, -0.25) is 0 Å². The summed E-state index contributed by atoms with van der Waals surface area (Å²) in [4.78, 5) is 8.84. The Morgan fingerprint density at radius 1 is 1.41 bits per heavy atom. The van der Waals surface area contributed by atoms with Crippen LogP contribution in [0.4, 0.5) is 4.39 Å². The molecule has 1 aromatic heterocycles. The van der Waals surface area contributed by atoms with Gasteiger partial charge in [-0.15, -0.1) is 0 Å². The van der Waals surface area contributed by atoms with E-state index >= 15 is 0 Å². The van der Waals surface area contributed by atoms with E-state index in [1.54, 1.807) is 18.3 Å². The van der Waals surface area contributed by atoms with Gasteiger partial charge in [0.2, 0.25) is 5.89 Å².